The molecule has 0 N–H and O–H groups in total. The Balaban J connectivity index is 1.37. The number of benzene rings is 2. The number of nitrogens with zero attached hydrogens (tertiary/aromatic N) is 3. The molecular weight excluding hydrogens is 418 g/mol. The number of piperazine rings is 1. The quantitative estimate of drug-likeness (QED) is 0.582. The molecule has 0 unspecified atom stereocenters. The molecule has 1 aliphatic rings. The maximum absolute atomic E-state index is 12.9. The van der Waals surface area contributed by atoms with Crippen molar-refractivity contribution in [1.82, 2.24) is 14.2 Å². The van der Waals surface area contributed by atoms with E-state index in [9.17, 15) is 8.42 Å². The third-order valence-corrected chi connectivity index (χ3v) is 8.01. The van der Waals surface area contributed by atoms with Crippen LogP contribution in [0.15, 0.2) is 58.8 Å². The number of hydrogen-bond acceptors (Lipinski definition) is 6. The Kier molecular flexibility index (Phi) is 6.19. The van der Waals surface area contributed by atoms with Crippen LogP contribution in [0.25, 0.3) is 11.3 Å². The van der Waals surface area contributed by atoms with Gasteiger partial charge in [-0.25, -0.2) is 13.4 Å². The van der Waals surface area contributed by atoms with E-state index in [1.807, 2.05) is 43.3 Å². The molecule has 30 heavy (non-hydrogen) atoms. The summed E-state index contributed by atoms with van der Waals surface area (Å²) in [5, 5.41) is 3.09. The highest BCUT2D eigenvalue weighted by Crippen LogP contribution is 2.26. The van der Waals surface area contributed by atoms with Gasteiger partial charge in [-0.3, -0.25) is 4.90 Å². The number of aromatic nitrogens is 1. The van der Waals surface area contributed by atoms with Gasteiger partial charge in [-0.2, -0.15) is 4.31 Å². The van der Waals surface area contributed by atoms with Gasteiger partial charge in [0.05, 0.1) is 24.2 Å². The molecule has 0 atom stereocenters. The van der Waals surface area contributed by atoms with Gasteiger partial charge in [-0.05, 0) is 31.2 Å². The molecule has 0 spiro atoms. The van der Waals surface area contributed by atoms with E-state index in [0.717, 1.165) is 34.1 Å². The van der Waals surface area contributed by atoms with Crippen LogP contribution < -0.4 is 4.74 Å². The molecule has 0 aliphatic carbocycles. The fourth-order valence-corrected chi connectivity index (χ4v) is 5.74. The van der Waals surface area contributed by atoms with Crippen LogP contribution in [0, 0.1) is 6.92 Å². The zero-order valence-corrected chi connectivity index (χ0v) is 18.7. The van der Waals surface area contributed by atoms with Crippen LogP contribution in [0.1, 0.15) is 10.6 Å². The summed E-state index contributed by atoms with van der Waals surface area (Å²) in [6.45, 7) is 5.05. The molecular formula is C22H25N3O3S2. The summed E-state index contributed by atoms with van der Waals surface area (Å²) in [5.74, 6) is 0.813. The molecule has 2 heterocycles. The standard InChI is InChI=1S/C22H25N3O3S2/c1-17-6-8-20(9-7-17)30(26,27)25-12-10-24(11-13-25)15-22-23-21(16-29-22)18-4-3-5-19(14-18)28-2/h3-9,14,16H,10-13,15H2,1-2H3. The molecule has 1 saturated heterocycles. The fraction of sp³-hybridized carbons (Fsp3) is 0.318. The van der Waals surface area contributed by atoms with Crippen molar-refractivity contribution in [2.45, 2.75) is 18.4 Å². The second-order valence-electron chi connectivity index (χ2n) is 7.35. The van der Waals surface area contributed by atoms with Crippen molar-refractivity contribution in [3.05, 3.63) is 64.5 Å². The van der Waals surface area contributed by atoms with Gasteiger partial charge in [0.1, 0.15) is 10.8 Å². The van der Waals surface area contributed by atoms with E-state index >= 15 is 0 Å². The summed E-state index contributed by atoms with van der Waals surface area (Å²) in [4.78, 5) is 7.39. The SMILES string of the molecule is COc1cccc(-c2csc(CN3CCN(S(=O)(=O)c4ccc(C)cc4)CC3)n2)c1. The molecule has 2 aromatic carbocycles. The van der Waals surface area contributed by atoms with Crippen LogP contribution >= 0.6 is 11.3 Å². The number of methoxy groups -OCH3 is 1. The van der Waals surface area contributed by atoms with Gasteiger partial charge in [0, 0.05) is 37.1 Å². The van der Waals surface area contributed by atoms with E-state index in [1.54, 1.807) is 34.9 Å². The average molecular weight is 444 g/mol. The van der Waals surface area contributed by atoms with Gasteiger partial charge < -0.3 is 4.74 Å². The largest absolute Gasteiger partial charge is 0.497 e. The van der Waals surface area contributed by atoms with E-state index in [-0.39, 0.29) is 0 Å². The first-order chi connectivity index (χ1) is 14.5. The molecule has 0 bridgehead atoms. The Labute approximate surface area is 181 Å². The highest BCUT2D eigenvalue weighted by molar-refractivity contribution is 7.89. The first-order valence-electron chi connectivity index (χ1n) is 9.84. The Hall–Kier alpha value is -2.26. The second kappa shape index (κ2) is 8.85. The number of thiazole rings is 1. The summed E-state index contributed by atoms with van der Waals surface area (Å²) in [5.41, 5.74) is 3.02. The molecule has 0 radical (unpaired) electrons. The first-order valence-corrected chi connectivity index (χ1v) is 12.2. The molecule has 8 heteroatoms. The monoisotopic (exact) mass is 443 g/mol. The van der Waals surface area contributed by atoms with Crippen LogP contribution in [0.3, 0.4) is 0 Å². The predicted molar refractivity (Wildman–Crippen MR) is 119 cm³/mol. The lowest BCUT2D eigenvalue weighted by Crippen LogP contribution is -2.48. The minimum Gasteiger partial charge on any atom is -0.497 e. The summed E-state index contributed by atoms with van der Waals surface area (Å²) in [7, 11) is -1.77. The maximum Gasteiger partial charge on any atom is 0.243 e. The highest BCUT2D eigenvalue weighted by Gasteiger charge is 2.28. The molecule has 4 rings (SSSR count). The third-order valence-electron chi connectivity index (χ3n) is 5.27. The summed E-state index contributed by atoms with van der Waals surface area (Å²) in [6, 6.07) is 14.9. The van der Waals surface area contributed by atoms with Crippen molar-refractivity contribution in [3.8, 4) is 17.0 Å². The molecule has 0 saturated carbocycles. The van der Waals surface area contributed by atoms with Crippen molar-refractivity contribution in [2.75, 3.05) is 33.3 Å². The van der Waals surface area contributed by atoms with E-state index in [0.29, 0.717) is 31.1 Å². The molecule has 3 aromatic rings. The molecule has 1 aromatic heterocycles. The molecule has 1 aliphatic heterocycles. The summed E-state index contributed by atoms with van der Waals surface area (Å²) in [6.07, 6.45) is 0. The van der Waals surface area contributed by atoms with Crippen LogP contribution in [-0.4, -0.2) is 55.9 Å². The van der Waals surface area contributed by atoms with Gasteiger partial charge in [0.15, 0.2) is 0 Å². The first kappa shape index (κ1) is 21.0. The molecule has 1 fully saturated rings. The Morgan fingerprint density at radius 3 is 2.50 bits per heavy atom. The van der Waals surface area contributed by atoms with Crippen LogP contribution in [-0.2, 0) is 16.6 Å². The summed E-state index contributed by atoms with van der Waals surface area (Å²) < 4.78 is 32.6. The zero-order chi connectivity index (χ0) is 21.1. The van der Waals surface area contributed by atoms with Crippen LogP contribution in [0.4, 0.5) is 0 Å². The number of hydrogen-bond donors (Lipinski definition) is 0. The number of aryl methyl sites for hydroxylation is 1. The minimum atomic E-state index is -3.43. The van der Waals surface area contributed by atoms with Gasteiger partial charge in [0.25, 0.3) is 0 Å². The Morgan fingerprint density at radius 2 is 1.80 bits per heavy atom. The maximum atomic E-state index is 12.9. The normalized spacial score (nSPS) is 15.9. The smallest absolute Gasteiger partial charge is 0.243 e. The van der Waals surface area contributed by atoms with Gasteiger partial charge in [-0.1, -0.05) is 29.8 Å². The molecule has 6 nitrogen and oxygen atoms in total. The zero-order valence-electron chi connectivity index (χ0n) is 17.1. The van der Waals surface area contributed by atoms with Gasteiger partial charge >= 0.3 is 0 Å². The van der Waals surface area contributed by atoms with Gasteiger partial charge in [-0.15, -0.1) is 11.3 Å². The van der Waals surface area contributed by atoms with E-state index in [2.05, 4.69) is 10.3 Å². The predicted octanol–water partition coefficient (Wildman–Crippen LogP) is 3.63. The highest BCUT2D eigenvalue weighted by atomic mass is 32.2. The fourth-order valence-electron chi connectivity index (χ4n) is 3.48. The Bertz CT molecular complexity index is 1100. The van der Waals surface area contributed by atoms with Crippen molar-refractivity contribution < 1.29 is 13.2 Å². The lowest BCUT2D eigenvalue weighted by atomic mass is 10.2. The van der Waals surface area contributed by atoms with E-state index < -0.39 is 10.0 Å². The van der Waals surface area contributed by atoms with E-state index in [1.165, 1.54) is 0 Å². The minimum absolute atomic E-state index is 0.365. The van der Waals surface area contributed by atoms with Crippen molar-refractivity contribution in [3.63, 3.8) is 0 Å². The van der Waals surface area contributed by atoms with Crippen molar-refractivity contribution in [2.24, 2.45) is 0 Å². The van der Waals surface area contributed by atoms with Crippen LogP contribution in [0.2, 0.25) is 0 Å². The van der Waals surface area contributed by atoms with Crippen LogP contribution in [0.5, 0.6) is 5.75 Å². The molecule has 0 amide bonds. The average Bonchev–Trinajstić information content (AvgIpc) is 3.23. The van der Waals surface area contributed by atoms with Crippen molar-refractivity contribution >= 4 is 21.4 Å². The second-order valence-corrected chi connectivity index (χ2v) is 10.2. The third kappa shape index (κ3) is 4.57. The van der Waals surface area contributed by atoms with Crippen molar-refractivity contribution in [1.29, 1.82) is 0 Å². The molecule has 158 valence electrons. The number of rotatable bonds is 6. The lowest BCUT2D eigenvalue weighted by molar-refractivity contribution is 0.181. The topological polar surface area (TPSA) is 62.7 Å². The number of ether oxygens (including phenoxy) is 1. The van der Waals surface area contributed by atoms with E-state index in [4.69, 9.17) is 9.72 Å². The summed E-state index contributed by atoms with van der Waals surface area (Å²) >= 11 is 1.63. The number of sulfonamides is 1. The Morgan fingerprint density at radius 1 is 1.07 bits per heavy atom. The lowest BCUT2D eigenvalue weighted by Gasteiger charge is -2.33. The van der Waals surface area contributed by atoms with Gasteiger partial charge in [0.2, 0.25) is 10.0 Å².